The van der Waals surface area contributed by atoms with Crippen LogP contribution in [-0.2, 0) is 20.6 Å². The van der Waals surface area contributed by atoms with Crippen molar-refractivity contribution in [2.75, 3.05) is 52.3 Å². The number of carbonyl (C=O) groups excluding carboxylic acids is 1. The zero-order valence-corrected chi connectivity index (χ0v) is 16.7. The van der Waals surface area contributed by atoms with Gasteiger partial charge in [0, 0.05) is 38.7 Å². The second kappa shape index (κ2) is 8.42. The average Bonchev–Trinajstić information content (AvgIpc) is 3.37. The Labute approximate surface area is 169 Å². The molecule has 2 fully saturated rings. The number of nitrogen functional groups attached to an aromatic ring is 1. The van der Waals surface area contributed by atoms with E-state index in [1.165, 1.54) is 0 Å². The third kappa shape index (κ3) is 3.92. The first kappa shape index (κ1) is 19.7. The Balaban J connectivity index is 1.42. The number of nitrogens with zero attached hydrogens (tertiary/aromatic N) is 1. The largest absolute Gasteiger partial charge is 0.492 e. The van der Waals surface area contributed by atoms with Gasteiger partial charge in [-0.25, -0.2) is 0 Å². The van der Waals surface area contributed by atoms with E-state index >= 15 is 0 Å². The van der Waals surface area contributed by atoms with E-state index in [0.29, 0.717) is 61.4 Å². The fraction of sp³-hybridized carbons (Fsp3) is 0.632. The van der Waals surface area contributed by atoms with Gasteiger partial charge in [0.05, 0.1) is 48.2 Å². The minimum absolute atomic E-state index is 0.104. The minimum Gasteiger partial charge on any atom is -0.492 e. The zero-order valence-electron chi connectivity index (χ0n) is 15.9. The van der Waals surface area contributed by atoms with Crippen molar-refractivity contribution in [1.29, 1.82) is 0 Å². The molecule has 1 amide bonds. The number of amides is 1. The molecule has 154 valence electrons. The van der Waals surface area contributed by atoms with E-state index in [2.05, 4.69) is 10.2 Å². The summed E-state index contributed by atoms with van der Waals surface area (Å²) in [6.45, 7) is 4.01. The third-order valence-electron chi connectivity index (χ3n) is 5.58. The van der Waals surface area contributed by atoms with Gasteiger partial charge >= 0.3 is 0 Å². The van der Waals surface area contributed by atoms with Crippen molar-refractivity contribution in [3.05, 3.63) is 22.2 Å². The molecule has 9 heteroatoms. The van der Waals surface area contributed by atoms with Gasteiger partial charge in [-0.3, -0.25) is 9.69 Å². The highest BCUT2D eigenvalue weighted by Crippen LogP contribution is 2.38. The number of nitrogens with two attached hydrogens (primary N) is 1. The van der Waals surface area contributed by atoms with Crippen molar-refractivity contribution < 1.29 is 23.7 Å². The number of piperidine rings is 1. The molecule has 0 spiro atoms. The van der Waals surface area contributed by atoms with Crippen LogP contribution in [0.1, 0.15) is 22.3 Å². The van der Waals surface area contributed by atoms with E-state index in [1.807, 2.05) is 0 Å². The maximum Gasteiger partial charge on any atom is 0.255 e. The monoisotopic (exact) mass is 411 g/mol. The molecular formula is C19H26ClN3O5. The van der Waals surface area contributed by atoms with E-state index in [-0.39, 0.29) is 24.3 Å². The molecule has 28 heavy (non-hydrogen) atoms. The van der Waals surface area contributed by atoms with Gasteiger partial charge < -0.3 is 30.0 Å². The third-order valence-corrected chi connectivity index (χ3v) is 5.89. The molecule has 0 radical (unpaired) electrons. The second-order valence-corrected chi connectivity index (χ2v) is 7.71. The predicted molar refractivity (Wildman–Crippen MR) is 104 cm³/mol. The summed E-state index contributed by atoms with van der Waals surface area (Å²) in [6, 6.07) is 1.48. The number of hydrogen-bond donors (Lipinski definition) is 2. The molecule has 1 aromatic rings. The van der Waals surface area contributed by atoms with E-state index in [1.54, 1.807) is 13.2 Å². The first-order chi connectivity index (χ1) is 13.6. The van der Waals surface area contributed by atoms with Crippen LogP contribution in [0.4, 0.5) is 5.69 Å². The number of ether oxygens (including phenoxy) is 4. The lowest BCUT2D eigenvalue weighted by Gasteiger charge is -2.38. The maximum absolute atomic E-state index is 13.0. The van der Waals surface area contributed by atoms with Crippen molar-refractivity contribution in [2.45, 2.75) is 31.3 Å². The number of nitrogens with one attached hydrogen (secondary N) is 1. The lowest BCUT2D eigenvalue weighted by Crippen LogP contribution is -2.55. The van der Waals surface area contributed by atoms with Crippen molar-refractivity contribution in [3.8, 4) is 5.75 Å². The quantitative estimate of drug-likeness (QED) is 0.699. The standard InChI is InChI=1S/C19H26ClN3O5/c1-25-15-9-23(10-16-26-6-7-27-16)4-2-14(15)22-19(24)12-8-13(20)17(21)11-3-5-28-18(11)12/h8,14-16H,2-7,9-10,21H2,1H3,(H,22,24). The van der Waals surface area contributed by atoms with Gasteiger partial charge in [-0.1, -0.05) is 11.6 Å². The van der Waals surface area contributed by atoms with Gasteiger partial charge in [0.2, 0.25) is 0 Å². The summed E-state index contributed by atoms with van der Waals surface area (Å²) >= 11 is 6.22. The number of fused-ring (bicyclic) bond motifs is 1. The maximum atomic E-state index is 13.0. The molecule has 3 aliphatic heterocycles. The van der Waals surface area contributed by atoms with Crippen LogP contribution in [0.5, 0.6) is 5.75 Å². The molecular weight excluding hydrogens is 386 g/mol. The molecule has 4 rings (SSSR count). The van der Waals surface area contributed by atoms with Crippen LogP contribution in [-0.4, -0.2) is 75.8 Å². The van der Waals surface area contributed by atoms with Gasteiger partial charge in [-0.05, 0) is 12.5 Å². The first-order valence-corrected chi connectivity index (χ1v) is 9.97. The number of methoxy groups -OCH3 is 1. The lowest BCUT2D eigenvalue weighted by molar-refractivity contribution is -0.0787. The number of likely N-dealkylation sites (tertiary alicyclic amines) is 1. The Hall–Kier alpha value is -1.58. The topological polar surface area (TPSA) is 95.3 Å². The van der Waals surface area contributed by atoms with E-state index in [9.17, 15) is 4.79 Å². The minimum atomic E-state index is -0.219. The highest BCUT2D eigenvalue weighted by atomic mass is 35.5. The van der Waals surface area contributed by atoms with Gasteiger partial charge in [0.1, 0.15) is 5.75 Å². The Morgan fingerprint density at radius 1 is 1.39 bits per heavy atom. The molecule has 0 aliphatic carbocycles. The van der Waals surface area contributed by atoms with Crippen LogP contribution < -0.4 is 15.8 Å². The van der Waals surface area contributed by atoms with Crippen molar-refractivity contribution >= 4 is 23.2 Å². The van der Waals surface area contributed by atoms with Gasteiger partial charge in [0.25, 0.3) is 5.91 Å². The molecule has 0 saturated carbocycles. The highest BCUT2D eigenvalue weighted by molar-refractivity contribution is 6.33. The predicted octanol–water partition coefficient (Wildman–Crippen LogP) is 1.05. The number of hydrogen-bond acceptors (Lipinski definition) is 7. The van der Waals surface area contributed by atoms with E-state index < -0.39 is 0 Å². The normalized spacial score (nSPS) is 25.5. The number of rotatable bonds is 5. The molecule has 0 bridgehead atoms. The summed E-state index contributed by atoms with van der Waals surface area (Å²) in [5, 5.41) is 3.47. The van der Waals surface area contributed by atoms with Crippen LogP contribution in [0.2, 0.25) is 5.02 Å². The Bertz CT molecular complexity index is 741. The lowest BCUT2D eigenvalue weighted by atomic mass is 10.00. The number of carbonyl (C=O) groups is 1. The summed E-state index contributed by atoms with van der Waals surface area (Å²) in [4.78, 5) is 15.2. The van der Waals surface area contributed by atoms with Crippen LogP contribution in [0.3, 0.4) is 0 Å². The van der Waals surface area contributed by atoms with Crippen molar-refractivity contribution in [1.82, 2.24) is 10.2 Å². The molecule has 2 saturated heterocycles. The number of anilines is 1. The Morgan fingerprint density at radius 3 is 2.93 bits per heavy atom. The number of benzene rings is 1. The Kier molecular flexibility index (Phi) is 5.93. The summed E-state index contributed by atoms with van der Waals surface area (Å²) in [5.41, 5.74) is 7.75. The molecule has 8 nitrogen and oxygen atoms in total. The van der Waals surface area contributed by atoms with Gasteiger partial charge in [-0.15, -0.1) is 0 Å². The fourth-order valence-electron chi connectivity index (χ4n) is 4.06. The average molecular weight is 412 g/mol. The molecule has 3 aliphatic rings. The van der Waals surface area contributed by atoms with Crippen molar-refractivity contribution in [3.63, 3.8) is 0 Å². The number of halogens is 1. The molecule has 1 aromatic carbocycles. The summed E-state index contributed by atoms with van der Waals surface area (Å²) in [7, 11) is 1.66. The summed E-state index contributed by atoms with van der Waals surface area (Å²) < 4.78 is 22.4. The second-order valence-electron chi connectivity index (χ2n) is 7.30. The smallest absolute Gasteiger partial charge is 0.255 e. The first-order valence-electron chi connectivity index (χ1n) is 9.59. The van der Waals surface area contributed by atoms with E-state index in [4.69, 9.17) is 36.3 Å². The molecule has 2 unspecified atom stereocenters. The van der Waals surface area contributed by atoms with Gasteiger partial charge in [-0.2, -0.15) is 0 Å². The highest BCUT2D eigenvalue weighted by Gasteiger charge is 2.34. The Morgan fingerprint density at radius 2 is 2.18 bits per heavy atom. The van der Waals surface area contributed by atoms with Crippen LogP contribution in [0.25, 0.3) is 0 Å². The molecule has 3 N–H and O–H groups in total. The van der Waals surface area contributed by atoms with Crippen LogP contribution >= 0.6 is 11.6 Å². The SMILES string of the molecule is COC1CN(CC2OCCO2)CCC1NC(=O)c1cc(Cl)c(N)c2c1OCC2. The molecule has 2 atom stereocenters. The molecule has 0 aromatic heterocycles. The summed E-state index contributed by atoms with van der Waals surface area (Å²) in [6.07, 6.45) is 1.12. The van der Waals surface area contributed by atoms with Crippen LogP contribution in [0.15, 0.2) is 6.07 Å². The molecule has 3 heterocycles. The van der Waals surface area contributed by atoms with Crippen molar-refractivity contribution in [2.24, 2.45) is 0 Å². The van der Waals surface area contributed by atoms with E-state index in [0.717, 1.165) is 18.5 Å². The van der Waals surface area contributed by atoms with Gasteiger partial charge in [0.15, 0.2) is 6.29 Å². The fourth-order valence-corrected chi connectivity index (χ4v) is 4.28. The van der Waals surface area contributed by atoms with Crippen LogP contribution in [0, 0.1) is 0 Å². The summed E-state index contributed by atoms with van der Waals surface area (Å²) in [5.74, 6) is 0.323. The zero-order chi connectivity index (χ0) is 19.7.